The van der Waals surface area contributed by atoms with Crippen molar-refractivity contribution in [3.8, 4) is 0 Å². The summed E-state index contributed by atoms with van der Waals surface area (Å²) >= 11 is -3.00. The molecule has 0 aliphatic heterocycles. The fourth-order valence-corrected chi connectivity index (χ4v) is 3.42. The SMILES string of the molecule is C=Cc1ccc(S(=O)ONC(C)C(C)C)cc1.CC(C)C(C)NOS(=O)c1ccc(CO)cc1. The number of hydrogen-bond acceptors (Lipinski definition) is 7. The molecule has 9 heteroatoms. The molecule has 0 aliphatic rings. The van der Waals surface area contributed by atoms with Crippen LogP contribution in [0.4, 0.5) is 0 Å². The smallest absolute Gasteiger partial charge is 0.206 e. The summed E-state index contributed by atoms with van der Waals surface area (Å²) in [7, 11) is 0. The van der Waals surface area contributed by atoms with E-state index in [9.17, 15) is 8.42 Å². The molecule has 0 amide bonds. The maximum atomic E-state index is 11.8. The molecule has 0 spiro atoms. The summed E-state index contributed by atoms with van der Waals surface area (Å²) in [6.45, 7) is 15.9. The molecule has 7 nitrogen and oxygen atoms in total. The highest BCUT2D eigenvalue weighted by atomic mass is 32.2. The van der Waals surface area contributed by atoms with E-state index in [2.05, 4.69) is 45.2 Å². The Bertz CT molecular complexity index is 903. The van der Waals surface area contributed by atoms with Gasteiger partial charge in [-0.25, -0.2) is 8.42 Å². The van der Waals surface area contributed by atoms with Crippen LogP contribution >= 0.6 is 0 Å². The van der Waals surface area contributed by atoms with Gasteiger partial charge in [0.05, 0.1) is 16.4 Å². The van der Waals surface area contributed by atoms with Crippen LogP contribution in [0.1, 0.15) is 52.7 Å². The van der Waals surface area contributed by atoms with Crippen molar-refractivity contribution < 1.29 is 22.1 Å². The van der Waals surface area contributed by atoms with E-state index in [0.717, 1.165) is 11.1 Å². The van der Waals surface area contributed by atoms with Crippen molar-refractivity contribution in [1.82, 2.24) is 11.0 Å². The van der Waals surface area contributed by atoms with Crippen LogP contribution in [0, 0.1) is 11.8 Å². The Balaban J connectivity index is 0.000000340. The van der Waals surface area contributed by atoms with Crippen molar-refractivity contribution in [1.29, 1.82) is 0 Å². The second-order valence-corrected chi connectivity index (χ2v) is 10.7. The standard InChI is InChI=1S/C13H19NO2S.C12H19NO3S/c1-5-12-6-8-13(9-7-12)17(15)16-14-11(4)10(2)3;1-9(2)10(3)13-16-17(15)12-6-4-11(8-14)5-7-12/h5-11,14H,1H2,2-4H3;4-7,9-10,13-14H,8H2,1-3H3. The van der Waals surface area contributed by atoms with Gasteiger partial charge in [0.1, 0.15) is 0 Å². The van der Waals surface area contributed by atoms with Gasteiger partial charge in [-0.3, -0.25) is 0 Å². The molecule has 0 aliphatic carbocycles. The van der Waals surface area contributed by atoms with Crippen LogP contribution in [0.25, 0.3) is 6.08 Å². The van der Waals surface area contributed by atoms with Gasteiger partial charge >= 0.3 is 0 Å². The van der Waals surface area contributed by atoms with E-state index >= 15 is 0 Å². The number of hydrogen-bond donors (Lipinski definition) is 3. The lowest BCUT2D eigenvalue weighted by Gasteiger charge is -2.15. The lowest BCUT2D eigenvalue weighted by molar-refractivity contribution is 0.159. The van der Waals surface area contributed by atoms with E-state index in [1.54, 1.807) is 42.5 Å². The summed E-state index contributed by atoms with van der Waals surface area (Å²) in [5, 5.41) is 8.88. The molecule has 190 valence electrons. The summed E-state index contributed by atoms with van der Waals surface area (Å²) in [5.74, 6) is 0.832. The van der Waals surface area contributed by atoms with Gasteiger partial charge < -0.3 is 5.11 Å². The van der Waals surface area contributed by atoms with E-state index in [-0.39, 0.29) is 18.7 Å². The lowest BCUT2D eigenvalue weighted by atomic mass is 10.1. The van der Waals surface area contributed by atoms with Crippen molar-refractivity contribution in [2.45, 2.75) is 70.0 Å². The lowest BCUT2D eigenvalue weighted by Crippen LogP contribution is -2.31. The Labute approximate surface area is 209 Å². The van der Waals surface area contributed by atoms with E-state index in [1.165, 1.54) is 0 Å². The molecule has 0 saturated carbocycles. The van der Waals surface area contributed by atoms with Crippen LogP contribution in [0.3, 0.4) is 0 Å². The predicted molar refractivity (Wildman–Crippen MR) is 139 cm³/mol. The largest absolute Gasteiger partial charge is 0.392 e. The molecule has 4 unspecified atom stereocenters. The Morgan fingerprint density at radius 2 is 1.18 bits per heavy atom. The molecule has 0 bridgehead atoms. The van der Waals surface area contributed by atoms with E-state index in [0.29, 0.717) is 21.6 Å². The zero-order chi connectivity index (χ0) is 25.7. The van der Waals surface area contributed by atoms with Crippen LogP contribution < -0.4 is 11.0 Å². The second kappa shape index (κ2) is 16.0. The van der Waals surface area contributed by atoms with Gasteiger partial charge in [0.2, 0.25) is 22.2 Å². The highest BCUT2D eigenvalue weighted by Gasteiger charge is 2.11. The molecular weight excluding hydrogens is 472 g/mol. The number of aliphatic hydroxyl groups excluding tert-OH is 1. The minimum atomic E-state index is -1.52. The summed E-state index contributed by atoms with van der Waals surface area (Å²) < 4.78 is 33.7. The molecule has 0 saturated heterocycles. The first-order chi connectivity index (χ1) is 16.1. The maximum Gasteiger partial charge on any atom is 0.206 e. The fourth-order valence-electron chi connectivity index (χ4n) is 2.03. The summed E-state index contributed by atoms with van der Waals surface area (Å²) in [6, 6.07) is 14.4. The molecule has 0 radical (unpaired) electrons. The van der Waals surface area contributed by atoms with Gasteiger partial charge in [-0.15, -0.1) is 0 Å². The molecule has 2 rings (SSSR count). The zero-order valence-electron chi connectivity index (χ0n) is 20.8. The second-order valence-electron chi connectivity index (χ2n) is 8.51. The third kappa shape index (κ3) is 11.1. The molecule has 0 aromatic heterocycles. The Morgan fingerprint density at radius 1 is 0.794 bits per heavy atom. The Morgan fingerprint density at radius 3 is 1.50 bits per heavy atom. The van der Waals surface area contributed by atoms with Crippen LogP contribution in [0.5, 0.6) is 0 Å². The van der Waals surface area contributed by atoms with Crippen molar-refractivity contribution in [2.24, 2.45) is 11.8 Å². The Hall–Kier alpha value is -1.72. The zero-order valence-corrected chi connectivity index (χ0v) is 22.4. The van der Waals surface area contributed by atoms with E-state index in [1.807, 2.05) is 26.0 Å². The third-order valence-corrected chi connectivity index (χ3v) is 7.04. The molecule has 0 heterocycles. The first-order valence-electron chi connectivity index (χ1n) is 11.2. The van der Waals surface area contributed by atoms with Crippen LogP contribution in [0.15, 0.2) is 64.9 Å². The number of rotatable bonds is 12. The first kappa shape index (κ1) is 30.3. The van der Waals surface area contributed by atoms with E-state index in [4.69, 9.17) is 13.7 Å². The molecule has 3 N–H and O–H groups in total. The minimum Gasteiger partial charge on any atom is -0.392 e. The topological polar surface area (TPSA) is 96.9 Å². The van der Waals surface area contributed by atoms with E-state index < -0.39 is 22.2 Å². The molecule has 0 fully saturated rings. The highest BCUT2D eigenvalue weighted by Crippen LogP contribution is 2.11. The average Bonchev–Trinajstić information content (AvgIpc) is 2.85. The maximum absolute atomic E-state index is 11.8. The fraction of sp³-hybridized carbons (Fsp3) is 0.440. The van der Waals surface area contributed by atoms with Gasteiger partial charge in [0, 0.05) is 12.1 Å². The van der Waals surface area contributed by atoms with Gasteiger partial charge in [-0.05, 0) is 61.1 Å². The first-order valence-corrected chi connectivity index (χ1v) is 13.4. The van der Waals surface area contributed by atoms with Gasteiger partial charge in [-0.2, -0.15) is 19.5 Å². The number of hydroxylamine groups is 2. The van der Waals surface area contributed by atoms with Gasteiger partial charge in [-0.1, -0.05) is 64.6 Å². The van der Waals surface area contributed by atoms with Crippen LogP contribution in [-0.2, 0) is 37.3 Å². The van der Waals surface area contributed by atoms with Crippen LogP contribution in [0.2, 0.25) is 0 Å². The molecule has 34 heavy (non-hydrogen) atoms. The average molecular weight is 511 g/mol. The van der Waals surface area contributed by atoms with Crippen LogP contribution in [-0.4, -0.2) is 25.6 Å². The van der Waals surface area contributed by atoms with Gasteiger partial charge in [0.25, 0.3) is 0 Å². The monoisotopic (exact) mass is 510 g/mol. The summed E-state index contributed by atoms with van der Waals surface area (Å²) in [6.07, 6.45) is 1.74. The third-order valence-electron chi connectivity index (χ3n) is 5.23. The molecular formula is C25H38N2O5S2. The summed E-state index contributed by atoms with van der Waals surface area (Å²) in [4.78, 5) is 1.21. The van der Waals surface area contributed by atoms with Crippen molar-refractivity contribution >= 4 is 28.2 Å². The molecule has 4 atom stereocenters. The van der Waals surface area contributed by atoms with Gasteiger partial charge in [0.15, 0.2) is 0 Å². The van der Waals surface area contributed by atoms with Crippen molar-refractivity contribution in [3.05, 3.63) is 66.2 Å². The normalized spacial score (nSPS) is 14.7. The predicted octanol–water partition coefficient (Wildman–Crippen LogP) is 4.69. The number of nitrogens with one attached hydrogen (secondary N) is 2. The van der Waals surface area contributed by atoms with Crippen molar-refractivity contribution in [2.75, 3.05) is 0 Å². The Kier molecular flexibility index (Phi) is 14.3. The summed E-state index contributed by atoms with van der Waals surface area (Å²) in [5.41, 5.74) is 7.33. The molecule has 2 aromatic rings. The van der Waals surface area contributed by atoms with Crippen molar-refractivity contribution in [3.63, 3.8) is 0 Å². The number of benzene rings is 2. The highest BCUT2D eigenvalue weighted by molar-refractivity contribution is 7.80. The minimum absolute atomic E-state index is 0.0175. The molecule has 2 aromatic carbocycles. The number of aliphatic hydroxyl groups is 1. The quantitative estimate of drug-likeness (QED) is 0.357.